The number of carbonyl (C=O) groups is 1. The summed E-state index contributed by atoms with van der Waals surface area (Å²) in [6.45, 7) is 1.29. The number of nitrogens with zero attached hydrogens (tertiary/aromatic N) is 3. The molecule has 4 rings (SSSR count). The van der Waals surface area contributed by atoms with E-state index in [1.54, 1.807) is 18.2 Å². The molecule has 0 radical (unpaired) electrons. The molecule has 2 atom stereocenters. The average Bonchev–Trinajstić information content (AvgIpc) is 3.49. The predicted molar refractivity (Wildman–Crippen MR) is 120 cm³/mol. The summed E-state index contributed by atoms with van der Waals surface area (Å²) in [6, 6.07) is 5.57. The van der Waals surface area contributed by atoms with Gasteiger partial charge in [-0.2, -0.15) is 5.10 Å². The third kappa shape index (κ3) is 5.36. The van der Waals surface area contributed by atoms with Crippen LogP contribution >= 0.6 is 0 Å². The summed E-state index contributed by atoms with van der Waals surface area (Å²) in [5, 5.41) is 10.7. The van der Waals surface area contributed by atoms with Crippen molar-refractivity contribution in [3.63, 3.8) is 0 Å². The van der Waals surface area contributed by atoms with Crippen molar-refractivity contribution < 1.29 is 18.0 Å². The normalized spacial score (nSPS) is 15.6. The second-order valence-electron chi connectivity index (χ2n) is 8.48. The van der Waals surface area contributed by atoms with Crippen molar-refractivity contribution in [3.05, 3.63) is 41.8 Å². The van der Waals surface area contributed by atoms with Crippen LogP contribution in [0.15, 0.2) is 30.5 Å². The smallest absolute Gasteiger partial charge is 0.257 e. The van der Waals surface area contributed by atoms with Crippen LogP contribution in [0.1, 0.15) is 36.5 Å². The number of alkyl halides is 2. The molecule has 3 aromatic rings. The molecule has 0 saturated heterocycles. The van der Waals surface area contributed by atoms with Crippen LogP contribution in [0.4, 0.5) is 30.5 Å². The van der Waals surface area contributed by atoms with Crippen molar-refractivity contribution in [1.82, 2.24) is 14.8 Å². The Morgan fingerprint density at radius 3 is 2.67 bits per heavy atom. The van der Waals surface area contributed by atoms with Crippen molar-refractivity contribution in [2.75, 3.05) is 10.6 Å². The minimum absolute atomic E-state index is 0.0421. The summed E-state index contributed by atoms with van der Waals surface area (Å²) >= 11 is 0. The Labute approximate surface area is 188 Å². The minimum Gasteiger partial charge on any atom is -0.365 e. The molecular weight excluding hydrogens is 435 g/mol. The van der Waals surface area contributed by atoms with Gasteiger partial charge in [0.05, 0.1) is 17.3 Å². The number of rotatable bonds is 10. The van der Waals surface area contributed by atoms with Crippen LogP contribution in [-0.2, 0) is 6.54 Å². The molecule has 2 aromatic heterocycles. The lowest BCUT2D eigenvalue weighted by Crippen LogP contribution is -2.39. The maximum Gasteiger partial charge on any atom is 0.257 e. The number of carbonyl (C=O) groups excluding carboxylic acids is 1. The van der Waals surface area contributed by atoms with Gasteiger partial charge in [0.1, 0.15) is 12.4 Å². The van der Waals surface area contributed by atoms with E-state index >= 15 is 0 Å². The maximum atomic E-state index is 14.8. The molecule has 33 heavy (non-hydrogen) atoms. The zero-order valence-electron chi connectivity index (χ0n) is 18.1. The number of pyridine rings is 1. The first-order valence-corrected chi connectivity index (χ1v) is 10.7. The molecule has 6 N–H and O–H groups in total. The highest BCUT2D eigenvalue weighted by Crippen LogP contribution is 2.35. The largest absolute Gasteiger partial charge is 0.365 e. The van der Waals surface area contributed by atoms with Crippen molar-refractivity contribution in [3.8, 4) is 0 Å². The number of anilines is 3. The highest BCUT2D eigenvalue weighted by atomic mass is 19.3. The van der Waals surface area contributed by atoms with Gasteiger partial charge in [-0.15, -0.1) is 0 Å². The molecule has 1 aliphatic carbocycles. The lowest BCUT2D eigenvalue weighted by atomic mass is 10.0. The second-order valence-corrected chi connectivity index (χ2v) is 8.48. The van der Waals surface area contributed by atoms with Crippen molar-refractivity contribution in [2.45, 2.75) is 51.2 Å². The van der Waals surface area contributed by atoms with Gasteiger partial charge in [-0.25, -0.2) is 18.2 Å². The Bertz CT molecular complexity index is 1160. The highest BCUT2D eigenvalue weighted by molar-refractivity contribution is 5.99. The standard InChI is InChI=1S/C22H26F3N7O/c1-11(26)17(6-12-2-3-12)30-22-16(23)8-15(20(27)33)21(31-22)29-14-5-4-13-9-28-32(10-19(24)25)18(13)7-14/h4-5,7-9,11-12,17,19H,2-3,6,10,26H2,1H3,(H2,27,33)(H2,29,30,31)/t11-,17+/m0/s1. The molecule has 1 saturated carbocycles. The summed E-state index contributed by atoms with van der Waals surface area (Å²) in [5.74, 6) is -1.03. The topological polar surface area (TPSA) is 124 Å². The maximum absolute atomic E-state index is 14.8. The SMILES string of the molecule is C[C@H](N)[C@@H](CC1CC1)Nc1nc(Nc2ccc3cnn(CC(F)F)c3c2)c(C(N)=O)cc1F. The summed E-state index contributed by atoms with van der Waals surface area (Å²) in [5.41, 5.74) is 12.3. The van der Waals surface area contributed by atoms with Gasteiger partial charge in [0.25, 0.3) is 12.3 Å². The summed E-state index contributed by atoms with van der Waals surface area (Å²) < 4.78 is 41.7. The van der Waals surface area contributed by atoms with Gasteiger partial charge in [-0.3, -0.25) is 9.48 Å². The average molecular weight is 461 g/mol. The second kappa shape index (κ2) is 9.26. The van der Waals surface area contributed by atoms with Crippen LogP contribution < -0.4 is 22.1 Å². The molecule has 0 aliphatic heterocycles. The fraction of sp³-hybridized carbons (Fsp3) is 0.409. The van der Waals surface area contributed by atoms with Gasteiger partial charge in [0, 0.05) is 23.2 Å². The number of nitrogens with one attached hydrogen (secondary N) is 2. The van der Waals surface area contributed by atoms with E-state index in [1.165, 1.54) is 10.9 Å². The van der Waals surface area contributed by atoms with Crippen molar-refractivity contribution in [1.29, 1.82) is 0 Å². The number of benzene rings is 1. The minimum atomic E-state index is -2.56. The van der Waals surface area contributed by atoms with E-state index < -0.39 is 24.7 Å². The van der Waals surface area contributed by atoms with E-state index in [2.05, 4.69) is 20.7 Å². The Balaban J connectivity index is 1.65. The molecular formula is C22H26F3N7O. The first-order chi connectivity index (χ1) is 15.7. The number of hydrogen-bond acceptors (Lipinski definition) is 6. The van der Waals surface area contributed by atoms with Gasteiger partial charge < -0.3 is 22.1 Å². The van der Waals surface area contributed by atoms with Crippen LogP contribution in [0.25, 0.3) is 10.9 Å². The van der Waals surface area contributed by atoms with Gasteiger partial charge >= 0.3 is 0 Å². The van der Waals surface area contributed by atoms with Gasteiger partial charge in [-0.1, -0.05) is 12.8 Å². The number of halogens is 3. The molecule has 1 aromatic carbocycles. The third-order valence-corrected chi connectivity index (χ3v) is 5.70. The molecule has 8 nitrogen and oxygen atoms in total. The lowest BCUT2D eigenvalue weighted by Gasteiger charge is -2.24. The third-order valence-electron chi connectivity index (χ3n) is 5.70. The number of amides is 1. The Morgan fingerprint density at radius 2 is 2.03 bits per heavy atom. The zero-order valence-corrected chi connectivity index (χ0v) is 18.1. The summed E-state index contributed by atoms with van der Waals surface area (Å²) in [7, 11) is 0. The van der Waals surface area contributed by atoms with Crippen molar-refractivity contribution >= 4 is 34.1 Å². The Hall–Kier alpha value is -3.34. The van der Waals surface area contributed by atoms with E-state index in [-0.39, 0.29) is 29.3 Å². The van der Waals surface area contributed by atoms with Crippen LogP contribution in [0, 0.1) is 11.7 Å². The highest BCUT2D eigenvalue weighted by Gasteiger charge is 2.28. The van der Waals surface area contributed by atoms with E-state index in [0.29, 0.717) is 22.5 Å². The monoisotopic (exact) mass is 461 g/mol. The van der Waals surface area contributed by atoms with E-state index in [9.17, 15) is 18.0 Å². The molecule has 0 bridgehead atoms. The Morgan fingerprint density at radius 1 is 1.27 bits per heavy atom. The van der Waals surface area contributed by atoms with Crippen LogP contribution in [0.5, 0.6) is 0 Å². The lowest BCUT2D eigenvalue weighted by molar-refractivity contribution is 0.1000. The van der Waals surface area contributed by atoms with Crippen molar-refractivity contribution in [2.24, 2.45) is 17.4 Å². The number of primary amides is 1. The van der Waals surface area contributed by atoms with Gasteiger partial charge in [0.2, 0.25) is 0 Å². The van der Waals surface area contributed by atoms with Crippen LogP contribution in [0.2, 0.25) is 0 Å². The predicted octanol–water partition coefficient (Wildman–Crippen LogP) is 3.61. The van der Waals surface area contributed by atoms with Crippen LogP contribution in [-0.4, -0.2) is 39.2 Å². The fourth-order valence-electron chi connectivity index (χ4n) is 3.73. The fourth-order valence-corrected chi connectivity index (χ4v) is 3.73. The molecule has 0 unspecified atom stereocenters. The first-order valence-electron chi connectivity index (χ1n) is 10.7. The van der Waals surface area contributed by atoms with Gasteiger partial charge in [-0.05, 0) is 43.5 Å². The Kier molecular flexibility index (Phi) is 6.41. The molecule has 1 amide bonds. The molecule has 0 spiro atoms. The van der Waals surface area contributed by atoms with E-state index in [4.69, 9.17) is 11.5 Å². The van der Waals surface area contributed by atoms with Gasteiger partial charge in [0.15, 0.2) is 11.6 Å². The molecule has 1 aliphatic rings. The first kappa shape index (κ1) is 22.8. The molecule has 11 heteroatoms. The quantitative estimate of drug-likeness (QED) is 0.366. The molecule has 176 valence electrons. The van der Waals surface area contributed by atoms with E-state index in [0.717, 1.165) is 25.3 Å². The number of nitrogens with two attached hydrogens (primary N) is 2. The van der Waals surface area contributed by atoms with E-state index in [1.807, 2.05) is 6.92 Å². The zero-order chi connectivity index (χ0) is 23.7. The van der Waals surface area contributed by atoms with Crippen LogP contribution in [0.3, 0.4) is 0 Å². The summed E-state index contributed by atoms with van der Waals surface area (Å²) in [6.07, 6.45) is 1.97. The summed E-state index contributed by atoms with van der Waals surface area (Å²) in [4.78, 5) is 16.2. The molecule has 1 fully saturated rings. The number of hydrogen-bond donors (Lipinski definition) is 4. The number of fused-ring (bicyclic) bond motifs is 1. The number of aromatic nitrogens is 3. The molecule has 2 heterocycles.